The summed E-state index contributed by atoms with van der Waals surface area (Å²) in [5.74, 6) is 2.82. The van der Waals surface area contributed by atoms with Crippen LogP contribution in [0.3, 0.4) is 0 Å². The van der Waals surface area contributed by atoms with Crippen LogP contribution in [0.2, 0.25) is 0 Å². The van der Waals surface area contributed by atoms with Crippen LogP contribution in [0.5, 0.6) is 0 Å². The number of carbonyl (C=O) groups is 4. The number of Topliss-reactive ketones (excluding diaryl/α,β-unsaturated/α-hetero) is 1. The Morgan fingerprint density at radius 3 is 1.57 bits per heavy atom. The molecular weight excluding hydrogens is 887 g/mol. The molecule has 2 atom stereocenters. The van der Waals surface area contributed by atoms with Gasteiger partial charge in [0.05, 0.1) is 21.7 Å². The van der Waals surface area contributed by atoms with Gasteiger partial charge in [0.2, 0.25) is 5.91 Å². The fourth-order valence-corrected chi connectivity index (χ4v) is 12.3. The molecule has 8 aliphatic rings. The zero-order valence-electron chi connectivity index (χ0n) is 40.1. The van der Waals surface area contributed by atoms with Gasteiger partial charge in [0, 0.05) is 69.6 Å². The number of carbonyl (C=O) groups excluding carboxylic acids is 4. The summed E-state index contributed by atoms with van der Waals surface area (Å²) in [6.07, 6.45) is 18.2. The normalized spacial score (nSPS) is 32.6. The molecule has 2 unspecified atom stereocenters. The summed E-state index contributed by atoms with van der Waals surface area (Å²) >= 11 is 2.29. The van der Waals surface area contributed by atoms with Crippen molar-refractivity contribution in [3.05, 3.63) is 0 Å². The van der Waals surface area contributed by atoms with Crippen LogP contribution in [0.1, 0.15) is 133 Å². The Bertz CT molecular complexity index is 1380. The monoisotopic (exact) mass is 969 g/mol. The van der Waals surface area contributed by atoms with E-state index < -0.39 is 7.15 Å². The van der Waals surface area contributed by atoms with Crippen molar-refractivity contribution in [2.75, 3.05) is 90.2 Å². The van der Waals surface area contributed by atoms with Crippen LogP contribution in [0.15, 0.2) is 0 Å². The minimum absolute atomic E-state index is 0. The molecule has 8 fully saturated rings. The first-order chi connectivity index (χ1) is 29.0. The van der Waals surface area contributed by atoms with Gasteiger partial charge in [-0.05, 0) is 164 Å². The van der Waals surface area contributed by atoms with E-state index in [1.807, 2.05) is 23.6 Å². The first-order valence-electron chi connectivity index (χ1n) is 24.2. The van der Waals surface area contributed by atoms with Gasteiger partial charge in [-0.3, -0.25) is 14.0 Å². The third kappa shape index (κ3) is 13.0. The fraction of sp³-hybridized carbons (Fsp3) is 0.913. The van der Waals surface area contributed by atoms with Gasteiger partial charge < -0.3 is 35.4 Å². The maximum atomic E-state index is 12.7. The van der Waals surface area contributed by atoms with Crippen molar-refractivity contribution in [3.8, 4) is 0 Å². The van der Waals surface area contributed by atoms with Gasteiger partial charge in [-0.25, -0.2) is 9.59 Å². The molecule has 2 spiro atoms. The van der Waals surface area contributed by atoms with Crippen LogP contribution in [0.4, 0.5) is 14.0 Å². The third-order valence-electron chi connectivity index (χ3n) is 15.5. The number of hydrogen-bond donors (Lipinski definition) is 0. The van der Waals surface area contributed by atoms with E-state index in [4.69, 9.17) is 10.8 Å². The Balaban J connectivity index is 0.000000286. The first kappa shape index (κ1) is 50.3. The average molecular weight is 969 g/mol. The number of hydrogen-bond acceptors (Lipinski definition) is 8. The molecule has 0 aromatic rings. The number of amides is 3. The fourth-order valence-electron chi connectivity index (χ4n) is 12.3. The van der Waals surface area contributed by atoms with Crippen molar-refractivity contribution < 1.29 is 65.4 Å². The molecule has 60 heavy (non-hydrogen) atoms. The molecule has 340 valence electrons. The van der Waals surface area contributed by atoms with Crippen molar-refractivity contribution in [2.45, 2.75) is 143 Å². The number of piperidine rings is 3. The Morgan fingerprint density at radius 1 is 0.717 bits per heavy atom. The maximum Gasteiger partial charge on any atom is 1.00 e. The molecule has 5 aliphatic heterocycles. The Kier molecular flexibility index (Phi) is 21.0. The Morgan fingerprint density at radius 2 is 1.15 bits per heavy atom. The van der Waals surface area contributed by atoms with Crippen molar-refractivity contribution in [2.24, 2.45) is 34.5 Å². The number of alkyl halides is 2. The number of ketones is 1. The summed E-state index contributed by atoms with van der Waals surface area (Å²) in [5.41, 5.74) is 0.697. The molecule has 0 aromatic heterocycles. The maximum absolute atomic E-state index is 12.7. The molecule has 3 saturated carbocycles. The molecule has 5 saturated heterocycles. The van der Waals surface area contributed by atoms with E-state index in [-0.39, 0.29) is 49.1 Å². The van der Waals surface area contributed by atoms with Crippen LogP contribution >= 0.6 is 22.6 Å². The minimum Gasteiger partial charge on any atom is -1.00 e. The molecule has 3 aliphatic carbocycles. The Hall–Kier alpha value is -0.740. The molecule has 5 heterocycles. The predicted octanol–water partition coefficient (Wildman–Crippen LogP) is 5.58. The summed E-state index contributed by atoms with van der Waals surface area (Å²) in [6, 6.07) is 1.37. The summed E-state index contributed by atoms with van der Waals surface area (Å²) in [5, 5.41) is 0. The zero-order chi connectivity index (χ0) is 43.3. The van der Waals surface area contributed by atoms with Gasteiger partial charge in [0.25, 0.3) is 0 Å². The standard InChI is InChI=1S/C22H37N3O3.C21H34N2O3.C2H5I.CH3F.Na.H/c1-3-23-10-5-6-19(20(23)26)17-7-11-24(12-8-17)18-14-22(15-18)9-13-25(16-22)21(27)28-4-2;1-2-26-20(25)23-12-9-21(15-23)13-17(14-21)22-10-7-16(8-11-22)18-5-3-4-6-19(18)24;1-2-3;1-2;;/h17-19H,3-16H2,1-2H3;16-18H,2-15H2,1H3;2H2,1H3;1H3;;/q;;;;+1;-1/i;;;1D;;. The van der Waals surface area contributed by atoms with Gasteiger partial charge >= 0.3 is 41.7 Å². The minimum atomic E-state index is -1.00. The van der Waals surface area contributed by atoms with E-state index in [2.05, 4.69) is 51.1 Å². The molecule has 11 nitrogen and oxygen atoms in total. The number of rotatable bonds is 7. The van der Waals surface area contributed by atoms with Crippen LogP contribution in [-0.4, -0.2) is 151 Å². The largest absolute Gasteiger partial charge is 1.00 e. The predicted molar refractivity (Wildman–Crippen MR) is 241 cm³/mol. The molecule has 0 bridgehead atoms. The second kappa shape index (κ2) is 25.1. The van der Waals surface area contributed by atoms with Gasteiger partial charge in [-0.15, -0.1) is 0 Å². The summed E-state index contributed by atoms with van der Waals surface area (Å²) in [6.45, 7) is 18.8. The molecule has 0 N–H and O–H groups in total. The molecule has 0 aromatic carbocycles. The summed E-state index contributed by atoms with van der Waals surface area (Å²) < 4.78 is 27.0. The number of halogens is 2. The van der Waals surface area contributed by atoms with Crippen molar-refractivity contribution in [1.82, 2.24) is 24.5 Å². The van der Waals surface area contributed by atoms with Gasteiger partial charge in [-0.1, -0.05) is 35.9 Å². The number of ether oxygens (including phenoxy) is 2. The molecule has 14 heteroatoms. The van der Waals surface area contributed by atoms with Gasteiger partial charge in [0.1, 0.15) is 5.78 Å². The van der Waals surface area contributed by atoms with Crippen LogP contribution in [0, 0.1) is 34.5 Å². The van der Waals surface area contributed by atoms with Crippen LogP contribution < -0.4 is 29.6 Å². The van der Waals surface area contributed by atoms with E-state index in [0.717, 1.165) is 104 Å². The topological polar surface area (TPSA) is 103 Å². The second-order valence-corrected chi connectivity index (χ2v) is 20.4. The van der Waals surface area contributed by atoms with Gasteiger partial charge in [0.15, 0.2) is 0 Å². The van der Waals surface area contributed by atoms with E-state index in [0.29, 0.717) is 65.6 Å². The van der Waals surface area contributed by atoms with Crippen LogP contribution in [-0.2, 0) is 19.1 Å². The molecule has 3 amide bonds. The molecule has 0 radical (unpaired) electrons. The summed E-state index contributed by atoms with van der Waals surface area (Å²) in [7, 11) is -1.00. The molecular formula is C46H80FIN5NaO6. The van der Waals surface area contributed by atoms with Crippen molar-refractivity contribution in [1.29, 1.82) is 0 Å². The SMILES string of the molecule is CCI.CCOC(=O)N1CCC2(CC(N3CCC(C4CCCCC4=O)CC3)C2)C1.CCOC(=O)N1CCC2(CC(N3CCC(C4CCCN(CC)C4=O)CC3)C2)C1.[2H]CF.[H-].[Na+]. The number of likely N-dealkylation sites (tertiary alicyclic amines) is 5. The smallest absolute Gasteiger partial charge is 1.00 e. The van der Waals surface area contributed by atoms with E-state index >= 15 is 0 Å². The number of nitrogens with zero attached hydrogens (tertiary/aromatic N) is 5. The van der Waals surface area contributed by atoms with E-state index in [1.165, 1.54) is 68.6 Å². The quantitative estimate of drug-likeness (QED) is 0.185. The van der Waals surface area contributed by atoms with E-state index in [1.54, 1.807) is 0 Å². The van der Waals surface area contributed by atoms with Crippen molar-refractivity contribution in [3.63, 3.8) is 0 Å². The Labute approximate surface area is 401 Å². The average Bonchev–Trinajstić information content (AvgIpc) is 3.89. The first-order valence-corrected chi connectivity index (χ1v) is 25.0. The van der Waals surface area contributed by atoms with Crippen LogP contribution in [0.25, 0.3) is 0 Å². The second-order valence-electron chi connectivity index (χ2n) is 18.9. The van der Waals surface area contributed by atoms with Gasteiger partial charge in [-0.2, -0.15) is 0 Å². The summed E-state index contributed by atoms with van der Waals surface area (Å²) in [4.78, 5) is 60.0. The zero-order valence-corrected chi connectivity index (χ0v) is 42.3. The van der Waals surface area contributed by atoms with Crippen molar-refractivity contribution >= 4 is 46.5 Å². The molecule has 8 rings (SSSR count). The third-order valence-corrected chi connectivity index (χ3v) is 15.5. The van der Waals surface area contributed by atoms with E-state index in [9.17, 15) is 23.6 Å².